The lowest BCUT2D eigenvalue weighted by Crippen LogP contribution is -2.28. The van der Waals surface area contributed by atoms with E-state index in [2.05, 4.69) is 6.58 Å². The summed E-state index contributed by atoms with van der Waals surface area (Å²) in [6.07, 6.45) is 1.96. The first-order chi connectivity index (χ1) is 9.13. The van der Waals surface area contributed by atoms with Gasteiger partial charge in [0.2, 0.25) is 11.8 Å². The molecule has 0 atom stereocenters. The number of carbonyl (C=O) groups excluding carboxylic acids is 3. The van der Waals surface area contributed by atoms with Crippen LogP contribution in [0.15, 0.2) is 36.9 Å². The highest BCUT2D eigenvalue weighted by Gasteiger charge is 2.30. The first kappa shape index (κ1) is 13.0. The molecule has 1 aliphatic heterocycles. The fraction of sp³-hybridized carbons (Fsp3) is 0.214. The van der Waals surface area contributed by atoms with Crippen molar-refractivity contribution in [3.8, 4) is 0 Å². The summed E-state index contributed by atoms with van der Waals surface area (Å²) in [5.74, 6) is -0.899. The molecule has 0 saturated carbocycles. The van der Waals surface area contributed by atoms with Crippen molar-refractivity contribution in [2.24, 2.45) is 0 Å². The van der Waals surface area contributed by atoms with E-state index in [0.29, 0.717) is 11.3 Å². The van der Waals surface area contributed by atoms with Gasteiger partial charge in [0.15, 0.2) is 0 Å². The van der Waals surface area contributed by atoms with Crippen molar-refractivity contribution in [2.45, 2.75) is 12.8 Å². The van der Waals surface area contributed by atoms with Gasteiger partial charge in [-0.1, -0.05) is 12.7 Å². The minimum atomic E-state index is -0.467. The van der Waals surface area contributed by atoms with Gasteiger partial charge in [0.25, 0.3) is 0 Å². The highest BCUT2D eigenvalue weighted by atomic mass is 16.5. The van der Waals surface area contributed by atoms with E-state index < -0.39 is 5.97 Å². The highest BCUT2D eigenvalue weighted by Crippen LogP contribution is 2.22. The quantitative estimate of drug-likeness (QED) is 0.469. The third-order valence-electron chi connectivity index (χ3n) is 2.75. The van der Waals surface area contributed by atoms with Crippen LogP contribution in [0.2, 0.25) is 0 Å². The van der Waals surface area contributed by atoms with Crippen molar-refractivity contribution in [1.29, 1.82) is 0 Å². The summed E-state index contributed by atoms with van der Waals surface area (Å²) in [4.78, 5) is 35.8. The van der Waals surface area contributed by atoms with Crippen LogP contribution in [0.1, 0.15) is 23.2 Å². The summed E-state index contributed by atoms with van der Waals surface area (Å²) < 4.78 is 4.88. The van der Waals surface area contributed by atoms with Gasteiger partial charge in [0.1, 0.15) is 6.61 Å². The minimum absolute atomic E-state index is 0.143. The van der Waals surface area contributed by atoms with Gasteiger partial charge in [0.05, 0.1) is 11.3 Å². The molecule has 98 valence electrons. The molecule has 0 aromatic heterocycles. The summed E-state index contributed by atoms with van der Waals surface area (Å²) in [6, 6.07) is 6.18. The van der Waals surface area contributed by atoms with Crippen LogP contribution in [-0.4, -0.2) is 24.4 Å². The second-order valence-corrected chi connectivity index (χ2v) is 4.06. The third kappa shape index (κ3) is 2.70. The van der Waals surface area contributed by atoms with Crippen LogP contribution in [0.4, 0.5) is 5.69 Å². The number of amides is 2. The number of nitrogens with zero attached hydrogens (tertiary/aromatic N) is 1. The molecule has 1 fully saturated rings. The second-order valence-electron chi connectivity index (χ2n) is 4.06. The molecule has 1 saturated heterocycles. The lowest BCUT2D eigenvalue weighted by Gasteiger charge is -2.13. The number of hydrogen-bond acceptors (Lipinski definition) is 4. The number of imide groups is 1. The number of carbonyl (C=O) groups is 3. The van der Waals surface area contributed by atoms with Crippen molar-refractivity contribution in [3.05, 3.63) is 42.5 Å². The van der Waals surface area contributed by atoms with Crippen molar-refractivity contribution in [1.82, 2.24) is 0 Å². The molecular formula is C14H13NO4. The van der Waals surface area contributed by atoms with Gasteiger partial charge < -0.3 is 4.74 Å². The van der Waals surface area contributed by atoms with Crippen LogP contribution in [0.25, 0.3) is 0 Å². The van der Waals surface area contributed by atoms with Gasteiger partial charge in [-0.15, -0.1) is 0 Å². The normalized spacial score (nSPS) is 14.6. The molecule has 2 rings (SSSR count). The number of hydrogen-bond donors (Lipinski definition) is 0. The number of benzene rings is 1. The van der Waals surface area contributed by atoms with Crippen molar-refractivity contribution in [2.75, 3.05) is 11.5 Å². The van der Waals surface area contributed by atoms with E-state index in [1.54, 1.807) is 12.1 Å². The molecular weight excluding hydrogens is 246 g/mol. The van der Waals surface area contributed by atoms with Crippen LogP contribution in [0.3, 0.4) is 0 Å². The monoisotopic (exact) mass is 259 g/mol. The van der Waals surface area contributed by atoms with E-state index in [1.807, 2.05) is 0 Å². The lowest BCUT2D eigenvalue weighted by molar-refractivity contribution is -0.121. The van der Waals surface area contributed by atoms with Crippen molar-refractivity contribution < 1.29 is 19.1 Å². The van der Waals surface area contributed by atoms with Gasteiger partial charge in [0, 0.05) is 12.8 Å². The molecule has 19 heavy (non-hydrogen) atoms. The summed E-state index contributed by atoms with van der Waals surface area (Å²) >= 11 is 0. The Bertz CT molecular complexity index is 517. The third-order valence-corrected chi connectivity index (χ3v) is 2.75. The van der Waals surface area contributed by atoms with E-state index in [-0.39, 0.29) is 31.3 Å². The Labute approximate surface area is 110 Å². The van der Waals surface area contributed by atoms with Gasteiger partial charge in [-0.05, 0) is 24.3 Å². The molecule has 1 aromatic rings. The van der Waals surface area contributed by atoms with E-state index in [0.717, 1.165) is 4.90 Å². The number of rotatable bonds is 4. The first-order valence-corrected chi connectivity index (χ1v) is 5.87. The Morgan fingerprint density at radius 1 is 1.21 bits per heavy atom. The minimum Gasteiger partial charge on any atom is -0.458 e. The Morgan fingerprint density at radius 3 is 2.32 bits per heavy atom. The largest absolute Gasteiger partial charge is 0.458 e. The summed E-state index contributed by atoms with van der Waals surface area (Å²) in [5, 5.41) is 0. The molecule has 0 radical (unpaired) electrons. The first-order valence-electron chi connectivity index (χ1n) is 5.87. The predicted molar refractivity (Wildman–Crippen MR) is 68.6 cm³/mol. The van der Waals surface area contributed by atoms with E-state index in [4.69, 9.17) is 4.74 Å². The van der Waals surface area contributed by atoms with Crippen LogP contribution in [-0.2, 0) is 14.3 Å². The maximum Gasteiger partial charge on any atom is 0.338 e. The SMILES string of the molecule is C=CCOC(=O)c1ccc(N2C(=O)CCC2=O)cc1. The fourth-order valence-electron chi connectivity index (χ4n) is 1.83. The molecule has 1 aromatic carbocycles. The zero-order chi connectivity index (χ0) is 13.8. The molecule has 1 aliphatic rings. The van der Waals surface area contributed by atoms with Gasteiger partial charge in [-0.25, -0.2) is 4.79 Å². The summed E-state index contributed by atoms with van der Waals surface area (Å²) in [7, 11) is 0. The molecule has 2 amide bonds. The summed E-state index contributed by atoms with van der Waals surface area (Å²) in [6.45, 7) is 3.59. The Morgan fingerprint density at radius 2 is 1.79 bits per heavy atom. The van der Waals surface area contributed by atoms with Gasteiger partial charge in [-0.2, -0.15) is 0 Å². The van der Waals surface area contributed by atoms with Gasteiger partial charge >= 0.3 is 5.97 Å². The van der Waals surface area contributed by atoms with Gasteiger partial charge in [-0.3, -0.25) is 14.5 Å². The molecule has 0 aliphatic carbocycles. The zero-order valence-corrected chi connectivity index (χ0v) is 10.3. The van der Waals surface area contributed by atoms with Crippen molar-refractivity contribution in [3.63, 3.8) is 0 Å². The zero-order valence-electron chi connectivity index (χ0n) is 10.3. The maximum atomic E-state index is 11.5. The Hall–Kier alpha value is -2.43. The molecule has 5 nitrogen and oxygen atoms in total. The highest BCUT2D eigenvalue weighted by molar-refractivity contribution is 6.19. The van der Waals surface area contributed by atoms with Crippen LogP contribution in [0, 0.1) is 0 Å². The molecule has 0 bridgehead atoms. The predicted octanol–water partition coefficient (Wildman–Crippen LogP) is 1.68. The van der Waals surface area contributed by atoms with Crippen LogP contribution < -0.4 is 4.90 Å². The average Bonchev–Trinajstić information content (AvgIpc) is 2.76. The fourth-order valence-corrected chi connectivity index (χ4v) is 1.83. The lowest BCUT2D eigenvalue weighted by atomic mass is 10.2. The molecule has 0 spiro atoms. The molecule has 0 N–H and O–H groups in total. The summed E-state index contributed by atoms with van der Waals surface area (Å²) in [5.41, 5.74) is 0.845. The van der Waals surface area contributed by atoms with Crippen LogP contribution >= 0.6 is 0 Å². The van der Waals surface area contributed by atoms with E-state index in [1.165, 1.54) is 18.2 Å². The molecule has 5 heteroatoms. The van der Waals surface area contributed by atoms with Crippen molar-refractivity contribution >= 4 is 23.5 Å². The maximum absolute atomic E-state index is 11.5. The average molecular weight is 259 g/mol. The van der Waals surface area contributed by atoms with E-state index >= 15 is 0 Å². The van der Waals surface area contributed by atoms with Crippen LogP contribution in [0.5, 0.6) is 0 Å². The number of anilines is 1. The molecule has 1 heterocycles. The standard InChI is InChI=1S/C14H13NO4/c1-2-9-19-14(18)10-3-5-11(6-4-10)15-12(16)7-8-13(15)17/h2-6H,1,7-9H2. The second kappa shape index (κ2) is 5.48. The smallest absolute Gasteiger partial charge is 0.338 e. The van der Waals surface area contributed by atoms with E-state index in [9.17, 15) is 14.4 Å². The number of esters is 1. The molecule has 0 unspecified atom stereocenters. The Kier molecular flexibility index (Phi) is 3.75. The number of ether oxygens (including phenoxy) is 1. The topological polar surface area (TPSA) is 63.7 Å². The Balaban J connectivity index is 2.14.